The molecule has 304 valence electrons. The molecule has 0 unspecified atom stereocenters. The first-order chi connectivity index (χ1) is 27.9. The number of nitrogens with zero attached hydrogens (tertiary/aromatic N) is 5. The maximum Gasteiger partial charge on any atom is 0.407 e. The summed E-state index contributed by atoms with van der Waals surface area (Å²) >= 11 is 0. The van der Waals surface area contributed by atoms with Gasteiger partial charge < -0.3 is 34.7 Å². The van der Waals surface area contributed by atoms with Crippen molar-refractivity contribution in [3.63, 3.8) is 0 Å². The van der Waals surface area contributed by atoms with Crippen molar-refractivity contribution in [1.82, 2.24) is 35.1 Å². The van der Waals surface area contributed by atoms with Gasteiger partial charge in [-0.15, -0.1) is 0 Å². The van der Waals surface area contributed by atoms with E-state index in [1.54, 1.807) is 0 Å². The Morgan fingerprint density at radius 1 is 0.862 bits per heavy atom. The van der Waals surface area contributed by atoms with Crippen LogP contribution < -0.4 is 5.32 Å². The fraction of sp³-hybridized carbons (Fsp3) is 0.500. The molecule has 8 rings (SSSR count). The zero-order chi connectivity index (χ0) is 40.8. The Morgan fingerprint density at radius 2 is 1.50 bits per heavy atom. The highest BCUT2D eigenvalue weighted by molar-refractivity contribution is 5.87. The Labute approximate surface area is 338 Å². The molecule has 4 aliphatic rings. The number of fused-ring (bicyclic) bond motifs is 1. The number of ether oxygens (including phenoxy) is 1. The van der Waals surface area contributed by atoms with Crippen LogP contribution in [0.4, 0.5) is 4.79 Å². The highest BCUT2D eigenvalue weighted by atomic mass is 17.2. The van der Waals surface area contributed by atoms with Gasteiger partial charge in [-0.05, 0) is 97.1 Å². The minimum atomic E-state index is -0.688. The number of benzene rings is 2. The zero-order valence-corrected chi connectivity index (χ0v) is 34.0. The lowest BCUT2D eigenvalue weighted by atomic mass is 10.0. The van der Waals surface area contributed by atoms with E-state index in [4.69, 9.17) is 19.6 Å². The van der Waals surface area contributed by atoms with Crippen LogP contribution in [0.25, 0.3) is 22.3 Å². The van der Waals surface area contributed by atoms with Crippen LogP contribution >= 0.6 is 0 Å². The van der Waals surface area contributed by atoms with Crippen molar-refractivity contribution < 1.29 is 28.9 Å². The zero-order valence-electron chi connectivity index (χ0n) is 34.0. The molecule has 2 saturated heterocycles. The van der Waals surface area contributed by atoms with E-state index in [1.165, 1.54) is 20.6 Å². The lowest BCUT2D eigenvalue weighted by molar-refractivity contribution is -0.188. The first-order valence-corrected chi connectivity index (χ1v) is 20.2. The van der Waals surface area contributed by atoms with Gasteiger partial charge in [-0.3, -0.25) is 9.59 Å². The first-order valence-electron chi connectivity index (χ1n) is 20.2. The number of imidazole rings is 2. The van der Waals surface area contributed by atoms with Crippen LogP contribution in [0.15, 0.2) is 53.7 Å². The molecule has 3 N–H and O–H groups in total. The number of aromatic nitrogens is 4. The molecule has 0 radical (unpaired) electrons. The molecular weight excluding hydrogens is 737 g/mol. The maximum atomic E-state index is 13.9. The third-order valence-electron chi connectivity index (χ3n) is 12.4. The molecule has 2 spiro atoms. The van der Waals surface area contributed by atoms with Crippen LogP contribution in [0.5, 0.6) is 0 Å². The second-order valence-corrected chi connectivity index (χ2v) is 17.3. The minimum Gasteiger partial charge on any atom is -0.453 e. The number of carbonyl (C=O) groups is 3. The Hall–Kier alpha value is -5.68. The van der Waals surface area contributed by atoms with E-state index in [0.717, 1.165) is 83.6 Å². The molecular formula is C44H52N8O6. The molecule has 2 aromatic carbocycles. The predicted octanol–water partition coefficient (Wildman–Crippen LogP) is 6.47. The van der Waals surface area contributed by atoms with Crippen molar-refractivity contribution >= 4 is 35.3 Å². The van der Waals surface area contributed by atoms with E-state index in [9.17, 15) is 14.4 Å². The van der Waals surface area contributed by atoms with Gasteiger partial charge in [0, 0.05) is 24.2 Å². The van der Waals surface area contributed by atoms with Crippen LogP contribution in [0.1, 0.15) is 101 Å². The molecule has 2 aliphatic carbocycles. The fourth-order valence-corrected chi connectivity index (χ4v) is 8.64. The van der Waals surface area contributed by atoms with Gasteiger partial charge in [0.1, 0.15) is 23.7 Å². The van der Waals surface area contributed by atoms with Crippen molar-refractivity contribution in [2.24, 2.45) is 27.7 Å². The predicted molar refractivity (Wildman–Crippen MR) is 217 cm³/mol. The second-order valence-electron chi connectivity index (χ2n) is 17.3. The molecule has 4 atom stereocenters. The van der Waals surface area contributed by atoms with E-state index in [1.807, 2.05) is 86.2 Å². The van der Waals surface area contributed by atoms with Gasteiger partial charge in [0.2, 0.25) is 18.2 Å². The summed E-state index contributed by atoms with van der Waals surface area (Å²) in [6.45, 7) is 9.16. The molecule has 2 aromatic heterocycles. The number of aliphatic imine (C=N–C) groups is 1. The number of carbonyl (C=O) groups excluding carboxylic acids is 3. The Balaban J connectivity index is 0.956. The molecule has 14 nitrogen and oxygen atoms in total. The van der Waals surface area contributed by atoms with Crippen LogP contribution in [-0.4, -0.2) is 93.4 Å². The summed E-state index contributed by atoms with van der Waals surface area (Å²) in [6, 6.07) is 12.3. The van der Waals surface area contributed by atoms with Gasteiger partial charge >= 0.3 is 6.09 Å². The fourth-order valence-electron chi connectivity index (χ4n) is 8.64. The molecule has 14 heteroatoms. The van der Waals surface area contributed by atoms with Gasteiger partial charge in [0.15, 0.2) is 0 Å². The second kappa shape index (κ2) is 15.6. The number of alkyl carbamates (subject to hydrolysis) is 1. The summed E-state index contributed by atoms with van der Waals surface area (Å²) in [7, 11) is 2.70. The average Bonchev–Trinajstić information content (AvgIpc) is 3.83. The smallest absolute Gasteiger partial charge is 0.407 e. The molecule has 4 aromatic rings. The minimum absolute atomic E-state index is 0.0173. The molecule has 58 heavy (non-hydrogen) atoms. The molecule has 2 saturated carbocycles. The summed E-state index contributed by atoms with van der Waals surface area (Å²) in [5, 5.41) is 2.74. The third kappa shape index (κ3) is 7.92. The van der Waals surface area contributed by atoms with Gasteiger partial charge in [-0.25, -0.2) is 19.8 Å². The molecule has 0 bridgehead atoms. The number of likely N-dealkylation sites (tertiary alicyclic amines) is 2. The van der Waals surface area contributed by atoms with E-state index < -0.39 is 18.2 Å². The van der Waals surface area contributed by atoms with Crippen molar-refractivity contribution in [2.45, 2.75) is 90.4 Å². The number of rotatable bonds is 11. The summed E-state index contributed by atoms with van der Waals surface area (Å²) in [4.78, 5) is 74.2. The number of aromatic amines is 2. The number of hydrogen-bond donors (Lipinski definition) is 3. The van der Waals surface area contributed by atoms with Crippen molar-refractivity contribution in [3.8, 4) is 23.1 Å². The lowest BCUT2D eigenvalue weighted by Gasteiger charge is -2.30. The van der Waals surface area contributed by atoms with E-state index in [0.29, 0.717) is 13.1 Å². The highest BCUT2D eigenvalue weighted by Gasteiger charge is 2.56. The standard InChI is InChI=1S/C44H52N8O6/c1-26(2)36(46-25-58-57-6)40(53)52-24-44(17-18-44)21-35(52)39-47-31-14-11-29(19-32(31)48-39)8-7-28-9-12-30(13-10-28)33-22-45-38(49-33)34-20-43(15-16-43)23-51(34)41(54)37(27(3)4)50-42(55)56-5/h9-14,19,22,25-27,34-37H,15-18,20-21,23-24H2,1-6H3,(H,45,49)(H,47,48)(H,50,55)/t34-,35-,36-,37-/m0/s1. The highest BCUT2D eigenvalue weighted by Crippen LogP contribution is 2.59. The van der Waals surface area contributed by atoms with E-state index >= 15 is 0 Å². The number of nitrogens with one attached hydrogen (secondary N) is 3. The molecule has 3 amide bonds. The third-order valence-corrected chi connectivity index (χ3v) is 12.4. The quantitative estimate of drug-likeness (QED) is 0.0511. The number of H-pyrrole nitrogens is 2. The Kier molecular flexibility index (Phi) is 10.5. The molecule has 4 heterocycles. The van der Waals surface area contributed by atoms with Crippen molar-refractivity contribution in [1.29, 1.82) is 0 Å². The van der Waals surface area contributed by atoms with Gasteiger partial charge in [-0.1, -0.05) is 51.7 Å². The number of methoxy groups -OCH3 is 1. The van der Waals surface area contributed by atoms with E-state index in [-0.39, 0.29) is 46.6 Å². The normalized spacial score (nSPS) is 21.2. The van der Waals surface area contributed by atoms with Crippen molar-refractivity contribution in [3.05, 3.63) is 71.4 Å². The van der Waals surface area contributed by atoms with E-state index in [2.05, 4.69) is 37.0 Å². The molecule has 4 fully saturated rings. The van der Waals surface area contributed by atoms with Gasteiger partial charge in [0.25, 0.3) is 0 Å². The first kappa shape index (κ1) is 39.2. The summed E-state index contributed by atoms with van der Waals surface area (Å²) in [5.41, 5.74) is 5.50. The summed E-state index contributed by atoms with van der Waals surface area (Å²) in [6.07, 6.45) is 8.51. The van der Waals surface area contributed by atoms with Crippen LogP contribution in [-0.2, 0) is 24.1 Å². The maximum absolute atomic E-state index is 13.9. The Bertz CT molecular complexity index is 2270. The summed E-state index contributed by atoms with van der Waals surface area (Å²) in [5.74, 6) is 7.86. The van der Waals surface area contributed by atoms with Crippen LogP contribution in [0.3, 0.4) is 0 Å². The van der Waals surface area contributed by atoms with Gasteiger partial charge in [0.05, 0.1) is 49.2 Å². The van der Waals surface area contributed by atoms with Gasteiger partial charge in [-0.2, -0.15) is 4.89 Å². The topological polar surface area (TPSA) is 167 Å². The largest absolute Gasteiger partial charge is 0.453 e. The summed E-state index contributed by atoms with van der Waals surface area (Å²) < 4.78 is 4.81. The van der Waals surface area contributed by atoms with Crippen molar-refractivity contribution in [2.75, 3.05) is 27.3 Å². The monoisotopic (exact) mass is 788 g/mol. The average molecular weight is 789 g/mol. The molecule has 2 aliphatic heterocycles. The van der Waals surface area contributed by atoms with Crippen LogP contribution in [0.2, 0.25) is 0 Å². The Morgan fingerprint density at radius 3 is 2.12 bits per heavy atom. The van der Waals surface area contributed by atoms with Crippen LogP contribution in [0, 0.1) is 34.5 Å². The number of amides is 3. The SMILES string of the molecule is COOC=N[C@H](C(=O)N1CC2(CC2)C[C@H]1c1nc2ccc(C#Cc3ccc(-c4cnc([C@@H]5CC6(CC6)CN5C(=O)[C@@H](NC(=O)OC)C(C)C)[nH]4)cc3)cc2[nH]1)C(C)C. The number of hydrogen-bond acceptors (Lipinski definition) is 9. The lowest BCUT2D eigenvalue weighted by Crippen LogP contribution is -2.51.